The zero-order valence-electron chi connectivity index (χ0n) is 12.4. The van der Waals surface area contributed by atoms with Crippen LogP contribution in [-0.2, 0) is 0 Å². The van der Waals surface area contributed by atoms with E-state index in [2.05, 4.69) is 65.5 Å². The van der Waals surface area contributed by atoms with Crippen LogP contribution in [0.25, 0.3) is 0 Å². The largest absolute Gasteiger partial charge is 0.356 e. The van der Waals surface area contributed by atoms with Gasteiger partial charge < -0.3 is 10.6 Å². The number of aryl methyl sites for hydroxylation is 2. The Hall–Kier alpha value is -1.39. The second-order valence-electron chi connectivity index (χ2n) is 5.17. The summed E-state index contributed by atoms with van der Waals surface area (Å²) in [6.07, 6.45) is 0. The van der Waals surface area contributed by atoms with Crippen molar-refractivity contribution in [2.75, 3.05) is 5.32 Å². The summed E-state index contributed by atoms with van der Waals surface area (Å²) in [6.45, 7) is 6.36. The average molecular weight is 363 g/mol. The number of halogens is 1. The van der Waals surface area contributed by atoms with E-state index >= 15 is 0 Å². The Kier molecular flexibility index (Phi) is 5.37. The molecule has 0 bridgehead atoms. The van der Waals surface area contributed by atoms with Crippen molar-refractivity contribution in [1.29, 1.82) is 0 Å². The average Bonchev–Trinajstić information content (AvgIpc) is 2.44. The number of thiocarbonyl (C=S) groups is 1. The molecular weight excluding hydrogens is 344 g/mol. The van der Waals surface area contributed by atoms with E-state index in [1.165, 1.54) is 16.7 Å². The van der Waals surface area contributed by atoms with Gasteiger partial charge in [0.1, 0.15) is 0 Å². The molecule has 0 heterocycles. The highest BCUT2D eigenvalue weighted by Crippen LogP contribution is 2.18. The minimum absolute atomic E-state index is 0.166. The first-order chi connectivity index (χ1) is 9.95. The van der Waals surface area contributed by atoms with Crippen LogP contribution in [-0.4, -0.2) is 5.11 Å². The molecule has 1 atom stereocenters. The number of hydrogen-bond acceptors (Lipinski definition) is 1. The smallest absolute Gasteiger partial charge is 0.171 e. The first kappa shape index (κ1) is 16.0. The van der Waals surface area contributed by atoms with Crippen molar-refractivity contribution in [2.24, 2.45) is 0 Å². The molecule has 0 aliphatic rings. The van der Waals surface area contributed by atoms with Gasteiger partial charge >= 0.3 is 0 Å². The van der Waals surface area contributed by atoms with Gasteiger partial charge in [0.25, 0.3) is 0 Å². The maximum absolute atomic E-state index is 5.37. The van der Waals surface area contributed by atoms with E-state index in [4.69, 9.17) is 12.2 Å². The number of rotatable bonds is 3. The van der Waals surface area contributed by atoms with E-state index in [0.717, 1.165) is 10.2 Å². The van der Waals surface area contributed by atoms with Gasteiger partial charge in [-0.05, 0) is 73.9 Å². The third kappa shape index (κ3) is 4.55. The topological polar surface area (TPSA) is 24.1 Å². The first-order valence-corrected chi connectivity index (χ1v) is 8.06. The lowest BCUT2D eigenvalue weighted by molar-refractivity contribution is 0.721. The van der Waals surface area contributed by atoms with E-state index < -0.39 is 0 Å². The fraction of sp³-hybridized carbons (Fsp3) is 0.235. The standard InChI is InChI=1S/C17H19BrN2S/c1-11-4-5-14(10-12(11)2)13(3)19-17(21)20-16-8-6-15(18)7-9-16/h4-10,13H,1-3H3,(H2,19,20,21)/t13-/m0/s1. The number of hydrogen-bond donors (Lipinski definition) is 2. The molecule has 0 saturated heterocycles. The summed E-state index contributed by atoms with van der Waals surface area (Å²) in [4.78, 5) is 0. The fourth-order valence-electron chi connectivity index (χ4n) is 2.01. The van der Waals surface area contributed by atoms with Crippen molar-refractivity contribution in [1.82, 2.24) is 5.32 Å². The summed E-state index contributed by atoms with van der Waals surface area (Å²) < 4.78 is 1.05. The molecule has 21 heavy (non-hydrogen) atoms. The van der Waals surface area contributed by atoms with Crippen LogP contribution in [0.2, 0.25) is 0 Å². The van der Waals surface area contributed by atoms with E-state index in [0.29, 0.717) is 5.11 Å². The van der Waals surface area contributed by atoms with E-state index in [9.17, 15) is 0 Å². The molecule has 0 aliphatic carbocycles. The van der Waals surface area contributed by atoms with Gasteiger partial charge in [0.15, 0.2) is 5.11 Å². The van der Waals surface area contributed by atoms with Crippen LogP contribution in [0.4, 0.5) is 5.69 Å². The summed E-state index contributed by atoms with van der Waals surface area (Å²) >= 11 is 8.79. The Morgan fingerprint density at radius 1 is 1.05 bits per heavy atom. The molecule has 2 nitrogen and oxygen atoms in total. The molecule has 0 spiro atoms. The molecule has 0 aliphatic heterocycles. The van der Waals surface area contributed by atoms with Gasteiger partial charge in [-0.2, -0.15) is 0 Å². The molecule has 2 aromatic carbocycles. The normalized spacial score (nSPS) is 11.8. The van der Waals surface area contributed by atoms with Crippen LogP contribution in [0, 0.1) is 13.8 Å². The Balaban J connectivity index is 1.98. The van der Waals surface area contributed by atoms with Gasteiger partial charge in [-0.3, -0.25) is 0 Å². The SMILES string of the molecule is Cc1ccc([C@H](C)NC(=S)Nc2ccc(Br)cc2)cc1C. The highest BCUT2D eigenvalue weighted by molar-refractivity contribution is 9.10. The zero-order valence-corrected chi connectivity index (χ0v) is 14.8. The summed E-state index contributed by atoms with van der Waals surface area (Å²) in [5.41, 5.74) is 4.82. The minimum Gasteiger partial charge on any atom is -0.356 e. The van der Waals surface area contributed by atoms with Gasteiger partial charge in [0, 0.05) is 10.2 Å². The van der Waals surface area contributed by atoms with Gasteiger partial charge in [-0.1, -0.05) is 34.1 Å². The Bertz CT molecular complexity index is 638. The molecule has 4 heteroatoms. The second kappa shape index (κ2) is 7.05. The van der Waals surface area contributed by atoms with Crippen LogP contribution in [0.1, 0.15) is 29.7 Å². The molecule has 0 amide bonds. The molecule has 0 aromatic heterocycles. The number of nitrogens with one attached hydrogen (secondary N) is 2. The lowest BCUT2D eigenvalue weighted by Gasteiger charge is -2.18. The Morgan fingerprint density at radius 3 is 2.33 bits per heavy atom. The van der Waals surface area contributed by atoms with Crippen molar-refractivity contribution in [3.05, 3.63) is 63.6 Å². The third-order valence-electron chi connectivity index (χ3n) is 3.48. The van der Waals surface area contributed by atoms with E-state index in [1.807, 2.05) is 24.3 Å². The molecule has 0 fully saturated rings. The second-order valence-corrected chi connectivity index (χ2v) is 6.49. The van der Waals surface area contributed by atoms with Gasteiger partial charge in [0.05, 0.1) is 6.04 Å². The first-order valence-electron chi connectivity index (χ1n) is 6.86. The Morgan fingerprint density at radius 2 is 1.71 bits per heavy atom. The van der Waals surface area contributed by atoms with Crippen LogP contribution in [0.5, 0.6) is 0 Å². The number of benzene rings is 2. The van der Waals surface area contributed by atoms with Crippen molar-refractivity contribution in [3.8, 4) is 0 Å². The highest BCUT2D eigenvalue weighted by atomic mass is 79.9. The molecule has 0 saturated carbocycles. The van der Waals surface area contributed by atoms with E-state index in [-0.39, 0.29) is 6.04 Å². The summed E-state index contributed by atoms with van der Waals surface area (Å²) in [5.74, 6) is 0. The molecule has 2 N–H and O–H groups in total. The van der Waals surface area contributed by atoms with Crippen LogP contribution < -0.4 is 10.6 Å². The van der Waals surface area contributed by atoms with Gasteiger partial charge in [-0.25, -0.2) is 0 Å². The molecule has 2 aromatic rings. The zero-order chi connectivity index (χ0) is 15.4. The van der Waals surface area contributed by atoms with Crippen molar-refractivity contribution in [3.63, 3.8) is 0 Å². The fourth-order valence-corrected chi connectivity index (χ4v) is 2.57. The van der Waals surface area contributed by atoms with E-state index in [1.54, 1.807) is 0 Å². The molecule has 0 unspecified atom stereocenters. The van der Waals surface area contributed by atoms with Crippen molar-refractivity contribution in [2.45, 2.75) is 26.8 Å². The molecule has 0 radical (unpaired) electrons. The highest BCUT2D eigenvalue weighted by Gasteiger charge is 2.08. The predicted molar refractivity (Wildman–Crippen MR) is 97.8 cm³/mol. The lowest BCUT2D eigenvalue weighted by Crippen LogP contribution is -2.30. The Labute approximate surface area is 140 Å². The van der Waals surface area contributed by atoms with Crippen molar-refractivity contribution < 1.29 is 0 Å². The summed E-state index contributed by atoms with van der Waals surface area (Å²) in [6, 6.07) is 14.6. The summed E-state index contributed by atoms with van der Waals surface area (Å²) in [7, 11) is 0. The van der Waals surface area contributed by atoms with Crippen LogP contribution >= 0.6 is 28.1 Å². The van der Waals surface area contributed by atoms with Crippen LogP contribution in [0.15, 0.2) is 46.9 Å². The van der Waals surface area contributed by atoms with Gasteiger partial charge in [0.2, 0.25) is 0 Å². The third-order valence-corrected chi connectivity index (χ3v) is 4.23. The quantitative estimate of drug-likeness (QED) is 0.741. The number of anilines is 1. The maximum atomic E-state index is 5.37. The van der Waals surface area contributed by atoms with Crippen molar-refractivity contribution >= 4 is 38.9 Å². The predicted octanol–water partition coefficient (Wildman–Crippen LogP) is 5.11. The molecular formula is C17H19BrN2S. The molecule has 2 rings (SSSR count). The summed E-state index contributed by atoms with van der Waals surface area (Å²) in [5, 5.41) is 7.14. The van der Waals surface area contributed by atoms with Crippen LogP contribution in [0.3, 0.4) is 0 Å². The minimum atomic E-state index is 0.166. The molecule has 110 valence electrons. The monoisotopic (exact) mass is 362 g/mol. The maximum Gasteiger partial charge on any atom is 0.171 e. The lowest BCUT2D eigenvalue weighted by atomic mass is 10.0. The van der Waals surface area contributed by atoms with Gasteiger partial charge in [-0.15, -0.1) is 0 Å².